The Balaban J connectivity index is 2.41. The molecule has 17 heavy (non-hydrogen) atoms. The van der Waals surface area contributed by atoms with E-state index < -0.39 is 0 Å². The van der Waals surface area contributed by atoms with Crippen molar-refractivity contribution < 1.29 is 9.59 Å². The van der Waals surface area contributed by atoms with E-state index in [4.69, 9.17) is 17.3 Å². The van der Waals surface area contributed by atoms with Crippen LogP contribution in [0.1, 0.15) is 23.2 Å². The summed E-state index contributed by atoms with van der Waals surface area (Å²) in [5, 5.41) is 0.542. The number of nitrogens with zero attached hydrogens (tertiary/aromatic N) is 1. The lowest BCUT2D eigenvalue weighted by Gasteiger charge is -2.25. The number of aldehydes is 1. The van der Waals surface area contributed by atoms with Crippen molar-refractivity contribution in [2.24, 2.45) is 5.73 Å². The molecule has 0 radical (unpaired) electrons. The fourth-order valence-electron chi connectivity index (χ4n) is 2.22. The van der Waals surface area contributed by atoms with Crippen molar-refractivity contribution in [1.82, 2.24) is 0 Å². The van der Waals surface area contributed by atoms with Gasteiger partial charge in [-0.3, -0.25) is 9.59 Å². The molecule has 1 aliphatic rings. The maximum atomic E-state index is 11.3. The van der Waals surface area contributed by atoms with Gasteiger partial charge in [0.05, 0.1) is 0 Å². The Labute approximate surface area is 104 Å². The lowest BCUT2D eigenvalue weighted by atomic mass is 10.1. The lowest BCUT2D eigenvalue weighted by Crippen LogP contribution is -2.40. The number of halogens is 1. The molecular weight excluding hydrogens is 240 g/mol. The van der Waals surface area contributed by atoms with Gasteiger partial charge in [-0.1, -0.05) is 11.6 Å². The Bertz CT molecular complexity index is 462. The average molecular weight is 253 g/mol. The van der Waals surface area contributed by atoms with Gasteiger partial charge in [0.25, 0.3) is 0 Å². The molecule has 2 N–H and O–H groups in total. The molecular formula is C12H13ClN2O2. The summed E-state index contributed by atoms with van der Waals surface area (Å²) in [4.78, 5) is 24.2. The molecule has 1 saturated heterocycles. The van der Waals surface area contributed by atoms with Crippen LogP contribution in [0.25, 0.3) is 0 Å². The second-order valence-electron chi connectivity index (χ2n) is 4.07. The van der Waals surface area contributed by atoms with Gasteiger partial charge in [-0.25, -0.2) is 0 Å². The van der Waals surface area contributed by atoms with Crippen molar-refractivity contribution >= 4 is 29.5 Å². The third-order valence-electron chi connectivity index (χ3n) is 3.01. The summed E-state index contributed by atoms with van der Waals surface area (Å²) in [5.74, 6) is -0.362. The molecule has 0 bridgehead atoms. The summed E-state index contributed by atoms with van der Waals surface area (Å²) in [7, 11) is 0. The Kier molecular flexibility index (Phi) is 3.33. The highest BCUT2D eigenvalue weighted by atomic mass is 35.5. The summed E-state index contributed by atoms with van der Waals surface area (Å²) in [6.45, 7) is 0.717. The van der Waals surface area contributed by atoms with Gasteiger partial charge in [0, 0.05) is 22.8 Å². The van der Waals surface area contributed by atoms with E-state index in [0.29, 0.717) is 16.3 Å². The van der Waals surface area contributed by atoms with E-state index in [1.807, 2.05) is 4.90 Å². The van der Waals surface area contributed by atoms with Crippen LogP contribution in [0.5, 0.6) is 0 Å². The predicted octanol–water partition coefficient (Wildman–Crippen LogP) is 1.61. The van der Waals surface area contributed by atoms with Crippen LogP contribution in [0.4, 0.5) is 5.69 Å². The topological polar surface area (TPSA) is 63.4 Å². The minimum atomic E-state index is -0.362. The molecule has 5 heteroatoms. The first-order valence-electron chi connectivity index (χ1n) is 5.44. The van der Waals surface area contributed by atoms with Gasteiger partial charge >= 0.3 is 0 Å². The minimum Gasteiger partial charge on any atom is -0.368 e. The monoisotopic (exact) mass is 252 g/mol. The molecule has 0 saturated carbocycles. The van der Waals surface area contributed by atoms with Crippen LogP contribution in [-0.2, 0) is 4.79 Å². The summed E-state index contributed by atoms with van der Waals surface area (Å²) < 4.78 is 0. The summed E-state index contributed by atoms with van der Waals surface area (Å²) in [5.41, 5.74) is 6.57. The summed E-state index contributed by atoms with van der Waals surface area (Å²) >= 11 is 5.92. The number of amides is 1. The number of carbonyl (C=O) groups is 2. The highest BCUT2D eigenvalue weighted by Gasteiger charge is 2.30. The first-order chi connectivity index (χ1) is 8.13. The number of hydrogen-bond donors (Lipinski definition) is 1. The highest BCUT2D eigenvalue weighted by molar-refractivity contribution is 6.31. The van der Waals surface area contributed by atoms with Crippen molar-refractivity contribution in [3.63, 3.8) is 0 Å². The van der Waals surface area contributed by atoms with Gasteiger partial charge in [0.1, 0.15) is 6.04 Å². The molecule has 1 aliphatic heterocycles. The molecule has 1 unspecified atom stereocenters. The van der Waals surface area contributed by atoms with Gasteiger partial charge in [0.15, 0.2) is 6.29 Å². The molecule has 1 heterocycles. The number of anilines is 1. The van der Waals surface area contributed by atoms with Crippen molar-refractivity contribution in [3.8, 4) is 0 Å². The third kappa shape index (κ3) is 2.26. The molecule has 4 nitrogen and oxygen atoms in total. The van der Waals surface area contributed by atoms with Crippen LogP contribution < -0.4 is 10.6 Å². The standard InChI is InChI=1S/C12H13ClN2O2/c13-9-4-3-8(7-16)11(6-9)15-5-1-2-10(15)12(14)17/h3-4,6-7,10H,1-2,5H2,(H2,14,17). The molecule has 1 aromatic rings. The molecule has 2 rings (SSSR count). The van der Waals surface area contributed by atoms with E-state index in [1.165, 1.54) is 0 Å². The highest BCUT2D eigenvalue weighted by Crippen LogP contribution is 2.30. The van der Waals surface area contributed by atoms with Gasteiger partial charge < -0.3 is 10.6 Å². The van der Waals surface area contributed by atoms with Crippen molar-refractivity contribution in [1.29, 1.82) is 0 Å². The van der Waals surface area contributed by atoms with Crippen LogP contribution in [0.3, 0.4) is 0 Å². The molecule has 0 aromatic heterocycles. The Hall–Kier alpha value is -1.55. The zero-order chi connectivity index (χ0) is 12.4. The minimum absolute atomic E-state index is 0.341. The van der Waals surface area contributed by atoms with E-state index in [0.717, 1.165) is 25.7 Å². The van der Waals surface area contributed by atoms with Gasteiger partial charge in [0.2, 0.25) is 5.91 Å². The zero-order valence-electron chi connectivity index (χ0n) is 9.23. The van der Waals surface area contributed by atoms with Crippen molar-refractivity contribution in [2.45, 2.75) is 18.9 Å². The smallest absolute Gasteiger partial charge is 0.240 e. The summed E-state index contributed by atoms with van der Waals surface area (Å²) in [6, 6.07) is 4.67. The second-order valence-corrected chi connectivity index (χ2v) is 4.51. The molecule has 1 atom stereocenters. The van der Waals surface area contributed by atoms with Crippen molar-refractivity contribution in [2.75, 3.05) is 11.4 Å². The van der Waals surface area contributed by atoms with Gasteiger partial charge in [-0.05, 0) is 31.0 Å². The quantitative estimate of drug-likeness (QED) is 0.832. The van der Waals surface area contributed by atoms with Crippen LogP contribution in [0, 0.1) is 0 Å². The van der Waals surface area contributed by atoms with Crippen LogP contribution in [0.2, 0.25) is 5.02 Å². The van der Waals surface area contributed by atoms with E-state index in [-0.39, 0.29) is 11.9 Å². The third-order valence-corrected chi connectivity index (χ3v) is 3.25. The van der Waals surface area contributed by atoms with E-state index in [9.17, 15) is 9.59 Å². The Morgan fingerprint density at radius 2 is 2.29 bits per heavy atom. The molecule has 0 aliphatic carbocycles. The second kappa shape index (κ2) is 4.75. The SMILES string of the molecule is NC(=O)C1CCCN1c1cc(Cl)ccc1C=O. The number of primary amides is 1. The lowest BCUT2D eigenvalue weighted by molar-refractivity contribution is -0.119. The Morgan fingerprint density at radius 1 is 1.53 bits per heavy atom. The molecule has 90 valence electrons. The number of nitrogens with two attached hydrogens (primary N) is 1. The average Bonchev–Trinajstić information content (AvgIpc) is 2.77. The first kappa shape index (κ1) is 11.9. The number of carbonyl (C=O) groups excluding carboxylic acids is 2. The maximum Gasteiger partial charge on any atom is 0.240 e. The van der Waals surface area contributed by atoms with E-state index >= 15 is 0 Å². The molecule has 1 aromatic carbocycles. The predicted molar refractivity (Wildman–Crippen MR) is 66.4 cm³/mol. The Morgan fingerprint density at radius 3 is 2.94 bits per heavy atom. The van der Waals surface area contributed by atoms with Gasteiger partial charge in [-0.15, -0.1) is 0 Å². The largest absolute Gasteiger partial charge is 0.368 e. The summed E-state index contributed by atoms with van der Waals surface area (Å²) in [6.07, 6.45) is 2.38. The van der Waals surface area contributed by atoms with Crippen molar-refractivity contribution in [3.05, 3.63) is 28.8 Å². The fourth-order valence-corrected chi connectivity index (χ4v) is 2.38. The van der Waals surface area contributed by atoms with Crippen LogP contribution >= 0.6 is 11.6 Å². The number of hydrogen-bond acceptors (Lipinski definition) is 3. The number of rotatable bonds is 3. The molecule has 1 fully saturated rings. The van der Waals surface area contributed by atoms with Gasteiger partial charge in [-0.2, -0.15) is 0 Å². The zero-order valence-corrected chi connectivity index (χ0v) is 9.98. The fraction of sp³-hybridized carbons (Fsp3) is 0.333. The van der Waals surface area contributed by atoms with Crippen LogP contribution in [0.15, 0.2) is 18.2 Å². The molecule has 0 spiro atoms. The normalized spacial score (nSPS) is 19.4. The molecule has 1 amide bonds. The van der Waals surface area contributed by atoms with E-state index in [2.05, 4.69) is 0 Å². The number of benzene rings is 1. The van der Waals surface area contributed by atoms with E-state index in [1.54, 1.807) is 18.2 Å². The maximum absolute atomic E-state index is 11.3. The van der Waals surface area contributed by atoms with Crippen LogP contribution in [-0.4, -0.2) is 24.8 Å². The first-order valence-corrected chi connectivity index (χ1v) is 5.82.